The van der Waals surface area contributed by atoms with Crippen LogP contribution >= 0.6 is 34.0 Å². The summed E-state index contributed by atoms with van der Waals surface area (Å²) < 4.78 is 0. The number of carbonyl (C=O) groups is 1. The molecule has 0 bridgehead atoms. The van der Waals surface area contributed by atoms with Gasteiger partial charge in [0.2, 0.25) is 0 Å². The van der Waals surface area contributed by atoms with Gasteiger partial charge in [-0.2, -0.15) is 0 Å². The summed E-state index contributed by atoms with van der Waals surface area (Å²) in [5.41, 5.74) is -1.76. The maximum atomic E-state index is 12.1. The number of aliphatic hydroxyl groups is 1. The molecular weight excluding hydrogens is 380 g/mol. The van der Waals surface area contributed by atoms with Crippen LogP contribution in [-0.4, -0.2) is 16.5 Å². The van der Waals surface area contributed by atoms with Crippen LogP contribution in [0.5, 0.6) is 0 Å². The zero-order valence-electron chi connectivity index (χ0n) is 15.5. The molecule has 2 nitrogen and oxygen atoms in total. The maximum absolute atomic E-state index is 12.1. The lowest BCUT2D eigenvalue weighted by atomic mass is 9.69. The SMILES string of the molecule is CC(=O)C(C)(CCc1ccc(-c2ccc(-c3cccs3)s2)s1)C(C)(C)O. The Morgan fingerprint density at radius 2 is 1.58 bits per heavy atom. The van der Waals surface area contributed by atoms with Crippen molar-refractivity contribution in [2.45, 2.75) is 46.1 Å². The Balaban J connectivity index is 1.73. The zero-order valence-corrected chi connectivity index (χ0v) is 18.0. The lowest BCUT2D eigenvalue weighted by molar-refractivity contribution is -0.140. The van der Waals surface area contributed by atoms with Crippen LogP contribution in [0.15, 0.2) is 41.8 Å². The fourth-order valence-electron chi connectivity index (χ4n) is 2.95. The first-order valence-electron chi connectivity index (χ1n) is 8.67. The molecule has 1 N–H and O–H groups in total. The molecule has 0 radical (unpaired) electrons. The zero-order chi connectivity index (χ0) is 18.9. The second-order valence-electron chi connectivity index (χ2n) is 7.35. The lowest BCUT2D eigenvalue weighted by Gasteiger charge is -2.38. The third-order valence-corrected chi connectivity index (χ3v) is 8.76. The van der Waals surface area contributed by atoms with Gasteiger partial charge in [0.05, 0.1) is 11.0 Å². The van der Waals surface area contributed by atoms with Crippen molar-refractivity contribution >= 4 is 39.8 Å². The fraction of sp³-hybridized carbons (Fsp3) is 0.381. The van der Waals surface area contributed by atoms with Crippen LogP contribution in [0.2, 0.25) is 0 Å². The second-order valence-corrected chi connectivity index (χ2v) is 10.6. The molecule has 3 heterocycles. The number of Topliss-reactive ketones (excluding diaryl/α,β-unsaturated/α-hetero) is 1. The van der Waals surface area contributed by atoms with Gasteiger partial charge in [-0.05, 0) is 76.2 Å². The van der Waals surface area contributed by atoms with E-state index in [1.54, 1.807) is 43.4 Å². The highest BCUT2D eigenvalue weighted by Gasteiger charge is 2.43. The molecule has 0 amide bonds. The molecule has 138 valence electrons. The quantitative estimate of drug-likeness (QED) is 0.488. The summed E-state index contributed by atoms with van der Waals surface area (Å²) in [7, 11) is 0. The number of hydrogen-bond acceptors (Lipinski definition) is 5. The van der Waals surface area contributed by atoms with E-state index in [9.17, 15) is 9.90 Å². The molecule has 0 aliphatic carbocycles. The first kappa shape index (κ1) is 19.5. The van der Waals surface area contributed by atoms with Crippen molar-refractivity contribution in [3.63, 3.8) is 0 Å². The normalized spacial score (nSPS) is 14.3. The molecule has 0 aliphatic rings. The summed E-state index contributed by atoms with van der Waals surface area (Å²) in [6.45, 7) is 6.91. The minimum atomic E-state index is -1.03. The average molecular weight is 405 g/mol. The molecule has 0 saturated heterocycles. The van der Waals surface area contributed by atoms with E-state index >= 15 is 0 Å². The Hall–Kier alpha value is -1.27. The highest BCUT2D eigenvalue weighted by atomic mass is 32.1. The van der Waals surface area contributed by atoms with E-state index in [2.05, 4.69) is 41.8 Å². The van der Waals surface area contributed by atoms with Crippen LogP contribution in [0.4, 0.5) is 0 Å². The number of thiophene rings is 3. The second kappa shape index (κ2) is 7.39. The minimum absolute atomic E-state index is 0.0422. The molecule has 0 saturated carbocycles. The summed E-state index contributed by atoms with van der Waals surface area (Å²) in [4.78, 5) is 18.5. The largest absolute Gasteiger partial charge is 0.389 e. The van der Waals surface area contributed by atoms with E-state index in [1.807, 2.05) is 18.3 Å². The Morgan fingerprint density at radius 3 is 2.15 bits per heavy atom. The van der Waals surface area contributed by atoms with E-state index in [4.69, 9.17) is 0 Å². The highest BCUT2D eigenvalue weighted by Crippen LogP contribution is 2.41. The van der Waals surface area contributed by atoms with Crippen molar-refractivity contribution in [3.05, 3.63) is 46.7 Å². The van der Waals surface area contributed by atoms with E-state index < -0.39 is 11.0 Å². The maximum Gasteiger partial charge on any atom is 0.138 e. The first-order valence-corrected chi connectivity index (χ1v) is 11.2. The number of ketones is 1. The molecule has 26 heavy (non-hydrogen) atoms. The molecule has 5 heteroatoms. The Bertz CT molecular complexity index is 881. The summed E-state index contributed by atoms with van der Waals surface area (Å²) >= 11 is 5.36. The summed E-state index contributed by atoms with van der Waals surface area (Å²) in [6, 6.07) is 12.9. The Morgan fingerprint density at radius 1 is 0.962 bits per heavy atom. The molecule has 1 atom stereocenters. The number of hydrogen-bond donors (Lipinski definition) is 1. The molecular formula is C21H24O2S3. The summed E-state index contributed by atoms with van der Waals surface area (Å²) in [5, 5.41) is 12.6. The van der Waals surface area contributed by atoms with Crippen LogP contribution in [0.25, 0.3) is 19.5 Å². The van der Waals surface area contributed by atoms with Gasteiger partial charge in [-0.15, -0.1) is 34.0 Å². The molecule has 0 spiro atoms. The summed E-state index contributed by atoms with van der Waals surface area (Å²) in [6.07, 6.45) is 1.45. The van der Waals surface area contributed by atoms with E-state index in [0.29, 0.717) is 6.42 Å². The van der Waals surface area contributed by atoms with Crippen LogP contribution in [0.3, 0.4) is 0 Å². The predicted molar refractivity (Wildman–Crippen MR) is 114 cm³/mol. The Labute approximate surface area is 167 Å². The highest BCUT2D eigenvalue weighted by molar-refractivity contribution is 7.26. The van der Waals surface area contributed by atoms with Crippen LogP contribution < -0.4 is 0 Å². The molecule has 3 aromatic rings. The molecule has 0 aromatic carbocycles. The number of carbonyl (C=O) groups excluding carboxylic acids is 1. The molecule has 3 aromatic heterocycles. The van der Waals surface area contributed by atoms with Crippen molar-refractivity contribution < 1.29 is 9.90 Å². The molecule has 0 aliphatic heterocycles. The van der Waals surface area contributed by atoms with Crippen molar-refractivity contribution in [1.82, 2.24) is 0 Å². The smallest absolute Gasteiger partial charge is 0.138 e. The number of rotatable bonds is 7. The van der Waals surface area contributed by atoms with Crippen LogP contribution in [0.1, 0.15) is 39.0 Å². The minimum Gasteiger partial charge on any atom is -0.389 e. The molecule has 3 rings (SSSR count). The Kier molecular flexibility index (Phi) is 5.54. The van der Waals surface area contributed by atoms with Gasteiger partial charge in [-0.25, -0.2) is 0 Å². The monoisotopic (exact) mass is 404 g/mol. The van der Waals surface area contributed by atoms with Gasteiger partial charge in [0, 0.05) is 24.4 Å². The lowest BCUT2D eigenvalue weighted by Crippen LogP contribution is -2.46. The van der Waals surface area contributed by atoms with E-state index in [1.165, 1.54) is 24.4 Å². The number of aryl methyl sites for hydroxylation is 1. The van der Waals surface area contributed by atoms with Crippen LogP contribution in [-0.2, 0) is 11.2 Å². The van der Waals surface area contributed by atoms with Gasteiger partial charge in [-0.3, -0.25) is 4.79 Å². The molecule has 0 fully saturated rings. The molecule has 1 unspecified atom stereocenters. The van der Waals surface area contributed by atoms with Crippen molar-refractivity contribution in [2.75, 3.05) is 0 Å². The topological polar surface area (TPSA) is 37.3 Å². The van der Waals surface area contributed by atoms with Gasteiger partial charge >= 0.3 is 0 Å². The van der Waals surface area contributed by atoms with Gasteiger partial charge in [0.1, 0.15) is 5.78 Å². The third kappa shape index (κ3) is 3.86. The fourth-order valence-corrected chi connectivity index (χ4v) is 5.89. The third-order valence-electron chi connectivity index (χ3n) is 5.27. The van der Waals surface area contributed by atoms with Crippen molar-refractivity contribution in [2.24, 2.45) is 5.41 Å². The van der Waals surface area contributed by atoms with Crippen molar-refractivity contribution in [1.29, 1.82) is 0 Å². The standard InChI is InChI=1S/C21H24O2S3/c1-14(22)21(4,20(2,3)23)12-11-15-7-8-18(25-15)19-10-9-17(26-19)16-6-5-13-24-16/h5-10,13,23H,11-12H2,1-4H3. The van der Waals surface area contributed by atoms with Gasteiger partial charge in [0.15, 0.2) is 0 Å². The average Bonchev–Trinajstić information content (AvgIpc) is 3.30. The van der Waals surface area contributed by atoms with Crippen LogP contribution in [0, 0.1) is 5.41 Å². The predicted octanol–water partition coefficient (Wildman–Crippen LogP) is 6.50. The summed E-state index contributed by atoms with van der Waals surface area (Å²) in [5.74, 6) is 0.0422. The van der Waals surface area contributed by atoms with E-state index in [0.717, 1.165) is 6.42 Å². The van der Waals surface area contributed by atoms with Gasteiger partial charge in [0.25, 0.3) is 0 Å². The van der Waals surface area contributed by atoms with Gasteiger partial charge < -0.3 is 5.11 Å². The first-order chi connectivity index (χ1) is 12.2. The van der Waals surface area contributed by atoms with Gasteiger partial charge in [-0.1, -0.05) is 6.07 Å². The van der Waals surface area contributed by atoms with Crippen molar-refractivity contribution in [3.8, 4) is 19.5 Å². The van der Waals surface area contributed by atoms with E-state index in [-0.39, 0.29) is 5.78 Å².